The van der Waals surface area contributed by atoms with Crippen molar-refractivity contribution in [2.75, 3.05) is 42.5 Å². The van der Waals surface area contributed by atoms with Crippen LogP contribution in [0.4, 0.5) is 21.9 Å². The van der Waals surface area contributed by atoms with Gasteiger partial charge in [-0.2, -0.15) is 0 Å². The molecule has 5 rings (SSSR count). The highest BCUT2D eigenvalue weighted by Gasteiger charge is 2.31. The van der Waals surface area contributed by atoms with Gasteiger partial charge in [0.1, 0.15) is 0 Å². The summed E-state index contributed by atoms with van der Waals surface area (Å²) in [5, 5.41) is 9.05. The van der Waals surface area contributed by atoms with Crippen LogP contribution in [0.3, 0.4) is 0 Å². The Balaban J connectivity index is 1.12. The molecule has 9 nitrogen and oxygen atoms in total. The number of nitrogens with two attached hydrogens (primary N) is 1. The average molecular weight is 517 g/mol. The highest BCUT2D eigenvalue weighted by molar-refractivity contribution is 5.98. The molecule has 200 valence electrons. The van der Waals surface area contributed by atoms with Gasteiger partial charge in [0.25, 0.3) is 5.91 Å². The summed E-state index contributed by atoms with van der Waals surface area (Å²) in [7, 11) is 0. The summed E-state index contributed by atoms with van der Waals surface area (Å²) in [4.78, 5) is 42.3. The zero-order valence-corrected chi connectivity index (χ0v) is 21.9. The maximum Gasteiger partial charge on any atom is 0.322 e. The van der Waals surface area contributed by atoms with Crippen LogP contribution in [-0.4, -0.2) is 59.9 Å². The SMILES string of the molecule is C=C(Nc1cc(C(=O)NCC(=O)N2CCC(N3CCc4ccccc4NC3=O)CC2)cc(C)c1N)C1CC1. The van der Waals surface area contributed by atoms with Gasteiger partial charge in [-0.05, 0) is 74.3 Å². The Kier molecular flexibility index (Phi) is 7.26. The molecule has 3 aliphatic rings. The van der Waals surface area contributed by atoms with Gasteiger partial charge >= 0.3 is 6.03 Å². The van der Waals surface area contributed by atoms with E-state index >= 15 is 0 Å². The number of nitrogens with zero attached hydrogens (tertiary/aromatic N) is 2. The third-order valence-corrected chi connectivity index (χ3v) is 7.81. The van der Waals surface area contributed by atoms with Crippen LogP contribution in [0.5, 0.6) is 0 Å². The molecule has 0 unspecified atom stereocenters. The third-order valence-electron chi connectivity index (χ3n) is 7.81. The van der Waals surface area contributed by atoms with Gasteiger partial charge in [-0.1, -0.05) is 24.8 Å². The number of nitrogens with one attached hydrogen (secondary N) is 3. The fourth-order valence-corrected chi connectivity index (χ4v) is 5.27. The largest absolute Gasteiger partial charge is 0.397 e. The van der Waals surface area contributed by atoms with Crippen molar-refractivity contribution < 1.29 is 14.4 Å². The first kappa shape index (κ1) is 25.6. The number of nitrogen functional groups attached to an aromatic ring is 1. The fourth-order valence-electron chi connectivity index (χ4n) is 5.27. The number of rotatable bonds is 7. The summed E-state index contributed by atoms with van der Waals surface area (Å²) in [5.41, 5.74) is 11.6. The van der Waals surface area contributed by atoms with E-state index in [1.807, 2.05) is 36.1 Å². The molecular weight excluding hydrogens is 480 g/mol. The Bertz CT molecular complexity index is 1260. The summed E-state index contributed by atoms with van der Waals surface area (Å²) < 4.78 is 0. The number of aryl methyl sites for hydroxylation is 1. The van der Waals surface area contributed by atoms with Crippen molar-refractivity contribution in [2.45, 2.75) is 45.1 Å². The summed E-state index contributed by atoms with van der Waals surface area (Å²) in [6, 6.07) is 11.3. The van der Waals surface area contributed by atoms with E-state index in [1.165, 1.54) is 0 Å². The zero-order valence-electron chi connectivity index (χ0n) is 21.9. The van der Waals surface area contributed by atoms with Gasteiger partial charge in [0.2, 0.25) is 5.91 Å². The molecule has 9 heteroatoms. The van der Waals surface area contributed by atoms with E-state index in [0.29, 0.717) is 55.3 Å². The fraction of sp³-hybridized carbons (Fsp3) is 0.414. The lowest BCUT2D eigenvalue weighted by molar-refractivity contribution is -0.131. The number of carbonyl (C=O) groups is 3. The van der Waals surface area contributed by atoms with E-state index in [4.69, 9.17) is 5.73 Å². The molecule has 0 spiro atoms. The number of hydrogen-bond acceptors (Lipinski definition) is 5. The quantitative estimate of drug-likeness (QED) is 0.418. The number of likely N-dealkylation sites (tertiary alicyclic amines) is 1. The van der Waals surface area contributed by atoms with Gasteiger partial charge < -0.3 is 31.5 Å². The molecule has 0 radical (unpaired) electrons. The van der Waals surface area contributed by atoms with Crippen LogP contribution < -0.4 is 21.7 Å². The summed E-state index contributed by atoms with van der Waals surface area (Å²) >= 11 is 0. The second-order valence-corrected chi connectivity index (χ2v) is 10.5. The monoisotopic (exact) mass is 516 g/mol. The summed E-state index contributed by atoms with van der Waals surface area (Å²) in [6.45, 7) is 7.61. The number of urea groups is 1. The topological polar surface area (TPSA) is 120 Å². The molecular formula is C29H36N6O3. The van der Waals surface area contributed by atoms with E-state index in [-0.39, 0.29) is 30.4 Å². The van der Waals surface area contributed by atoms with E-state index < -0.39 is 0 Å². The van der Waals surface area contributed by atoms with Gasteiger partial charge in [-0.25, -0.2) is 4.79 Å². The Labute approximate surface area is 223 Å². The number of fused-ring (bicyclic) bond motifs is 1. The van der Waals surface area contributed by atoms with Crippen molar-refractivity contribution in [3.8, 4) is 0 Å². The van der Waals surface area contributed by atoms with Crippen LogP contribution in [0.1, 0.15) is 47.2 Å². The first-order chi connectivity index (χ1) is 18.3. The van der Waals surface area contributed by atoms with E-state index in [0.717, 1.165) is 41.8 Å². The highest BCUT2D eigenvalue weighted by Crippen LogP contribution is 2.37. The number of allylic oxidation sites excluding steroid dienone is 1. The van der Waals surface area contributed by atoms with Crippen molar-refractivity contribution in [2.24, 2.45) is 5.92 Å². The van der Waals surface area contributed by atoms with Crippen LogP contribution in [-0.2, 0) is 11.2 Å². The number of hydrogen-bond donors (Lipinski definition) is 4. The number of benzene rings is 2. The predicted molar refractivity (Wildman–Crippen MR) is 149 cm³/mol. The minimum atomic E-state index is -0.322. The zero-order chi connectivity index (χ0) is 26.8. The van der Waals surface area contributed by atoms with Crippen LogP contribution >= 0.6 is 0 Å². The van der Waals surface area contributed by atoms with Gasteiger partial charge in [-0.3, -0.25) is 9.59 Å². The Morgan fingerprint density at radius 1 is 1.11 bits per heavy atom. The molecule has 2 aromatic rings. The Morgan fingerprint density at radius 3 is 2.58 bits per heavy atom. The molecule has 0 bridgehead atoms. The average Bonchev–Trinajstić information content (AvgIpc) is 3.77. The van der Waals surface area contributed by atoms with Gasteiger partial charge in [0.05, 0.1) is 17.9 Å². The maximum absolute atomic E-state index is 12.9. The Hall–Kier alpha value is -4.01. The molecule has 0 atom stereocenters. The van der Waals surface area contributed by atoms with Gasteiger partial charge in [-0.15, -0.1) is 0 Å². The highest BCUT2D eigenvalue weighted by atomic mass is 16.2. The summed E-state index contributed by atoms with van der Waals surface area (Å²) in [6.07, 6.45) is 4.45. The Morgan fingerprint density at radius 2 is 1.84 bits per heavy atom. The van der Waals surface area contributed by atoms with Crippen LogP contribution in [0, 0.1) is 12.8 Å². The van der Waals surface area contributed by atoms with Crippen molar-refractivity contribution in [1.29, 1.82) is 0 Å². The standard InChI is InChI=1S/C29H36N6O3/c1-18-15-22(16-25(27(18)30)32-19(2)20-7-8-20)28(37)31-17-26(36)34-12-10-23(11-13-34)35-14-9-21-5-3-4-6-24(21)33-29(35)38/h3-6,15-16,20,23,32H,2,7-14,17,30H2,1H3,(H,31,37)(H,33,38). The third kappa shape index (κ3) is 5.61. The first-order valence-electron chi connectivity index (χ1n) is 13.4. The maximum atomic E-state index is 12.9. The molecule has 5 N–H and O–H groups in total. The molecule has 1 saturated heterocycles. The molecule has 2 aliphatic heterocycles. The predicted octanol–water partition coefficient (Wildman–Crippen LogP) is 3.72. The van der Waals surface area contributed by atoms with Crippen molar-refractivity contribution in [3.63, 3.8) is 0 Å². The molecule has 2 aromatic carbocycles. The number of anilines is 3. The molecule has 1 saturated carbocycles. The number of amides is 4. The van der Waals surface area contributed by atoms with Crippen molar-refractivity contribution in [1.82, 2.24) is 15.1 Å². The van der Waals surface area contributed by atoms with Crippen molar-refractivity contribution in [3.05, 3.63) is 65.4 Å². The lowest BCUT2D eigenvalue weighted by atomic mass is 10.0. The number of piperidine rings is 1. The van der Waals surface area contributed by atoms with Gasteiger partial charge in [0.15, 0.2) is 0 Å². The number of carbonyl (C=O) groups excluding carboxylic acids is 3. The lowest BCUT2D eigenvalue weighted by Gasteiger charge is -2.38. The second kappa shape index (κ2) is 10.8. The minimum absolute atomic E-state index is 0.0794. The van der Waals surface area contributed by atoms with Crippen LogP contribution in [0.2, 0.25) is 0 Å². The van der Waals surface area contributed by atoms with Crippen LogP contribution in [0.25, 0.3) is 0 Å². The van der Waals surface area contributed by atoms with Gasteiger partial charge in [0, 0.05) is 42.6 Å². The number of para-hydroxylation sites is 1. The van der Waals surface area contributed by atoms with Crippen LogP contribution in [0.15, 0.2) is 48.7 Å². The van der Waals surface area contributed by atoms with E-state index in [9.17, 15) is 14.4 Å². The first-order valence-corrected chi connectivity index (χ1v) is 13.4. The smallest absolute Gasteiger partial charge is 0.322 e. The lowest BCUT2D eigenvalue weighted by Crippen LogP contribution is -2.51. The molecule has 1 aliphatic carbocycles. The molecule has 2 fully saturated rings. The molecule has 4 amide bonds. The molecule has 2 heterocycles. The normalized spacial score (nSPS) is 17.8. The minimum Gasteiger partial charge on any atom is -0.397 e. The van der Waals surface area contributed by atoms with E-state index in [2.05, 4.69) is 22.5 Å². The van der Waals surface area contributed by atoms with Crippen molar-refractivity contribution >= 4 is 34.9 Å². The molecule has 0 aromatic heterocycles. The molecule has 38 heavy (non-hydrogen) atoms. The summed E-state index contributed by atoms with van der Waals surface area (Å²) in [5.74, 6) is 0.00775. The second-order valence-electron chi connectivity index (χ2n) is 10.5. The van der Waals surface area contributed by atoms with E-state index in [1.54, 1.807) is 17.0 Å².